The minimum absolute atomic E-state index is 0.0362. The molecule has 0 radical (unpaired) electrons. The fourth-order valence-electron chi connectivity index (χ4n) is 3.65. The maximum atomic E-state index is 12.1. The summed E-state index contributed by atoms with van der Waals surface area (Å²) < 4.78 is 5.23. The smallest absolute Gasteiger partial charge is 0.415 e. The van der Waals surface area contributed by atoms with Gasteiger partial charge in [-0.25, -0.2) is 9.78 Å². The molecule has 0 spiro atoms. The van der Waals surface area contributed by atoms with E-state index in [1.165, 1.54) is 0 Å². The van der Waals surface area contributed by atoms with Crippen molar-refractivity contribution < 1.29 is 14.3 Å². The molecule has 25 heavy (non-hydrogen) atoms. The van der Waals surface area contributed by atoms with Crippen molar-refractivity contribution in [3.05, 3.63) is 23.9 Å². The van der Waals surface area contributed by atoms with E-state index in [9.17, 15) is 9.59 Å². The molecule has 2 aliphatic rings. The predicted molar refractivity (Wildman–Crippen MR) is 95.4 cm³/mol. The van der Waals surface area contributed by atoms with Crippen molar-refractivity contribution in [3.63, 3.8) is 0 Å². The van der Waals surface area contributed by atoms with Crippen LogP contribution in [0.4, 0.5) is 10.6 Å². The summed E-state index contributed by atoms with van der Waals surface area (Å²) in [7, 11) is 0. The fraction of sp³-hybridized carbons (Fsp3) is 0.632. The molecular weight excluding hydrogens is 318 g/mol. The zero-order valence-electron chi connectivity index (χ0n) is 15.3. The Balaban J connectivity index is 1.68. The summed E-state index contributed by atoms with van der Waals surface area (Å²) in [6, 6.07) is 5.90. The van der Waals surface area contributed by atoms with E-state index in [0.717, 1.165) is 38.0 Å². The predicted octanol–water partition coefficient (Wildman–Crippen LogP) is 2.86. The third-order valence-electron chi connectivity index (χ3n) is 5.27. The first-order valence-corrected chi connectivity index (χ1v) is 9.13. The number of amides is 2. The van der Waals surface area contributed by atoms with Gasteiger partial charge in [0.2, 0.25) is 5.91 Å². The van der Waals surface area contributed by atoms with Crippen LogP contribution in [0.25, 0.3) is 0 Å². The number of piperidine rings is 1. The third-order valence-corrected chi connectivity index (χ3v) is 5.27. The Morgan fingerprint density at radius 1 is 1.32 bits per heavy atom. The van der Waals surface area contributed by atoms with E-state index in [1.807, 2.05) is 23.1 Å². The monoisotopic (exact) mass is 345 g/mol. The Hall–Kier alpha value is -2.11. The highest BCUT2D eigenvalue weighted by molar-refractivity contribution is 5.89. The molecule has 1 aromatic rings. The molecule has 3 heterocycles. The Morgan fingerprint density at radius 2 is 2.04 bits per heavy atom. The molecule has 0 aromatic carbocycles. The van der Waals surface area contributed by atoms with Crippen molar-refractivity contribution in [2.75, 3.05) is 24.6 Å². The first-order chi connectivity index (χ1) is 12.0. The van der Waals surface area contributed by atoms with Gasteiger partial charge in [0.1, 0.15) is 12.4 Å². The van der Waals surface area contributed by atoms with Gasteiger partial charge in [-0.15, -0.1) is 0 Å². The molecule has 6 nitrogen and oxygen atoms in total. The normalized spacial score (nSPS) is 21.8. The summed E-state index contributed by atoms with van der Waals surface area (Å²) in [6.45, 7) is 7.89. The Morgan fingerprint density at radius 3 is 2.68 bits per heavy atom. The van der Waals surface area contributed by atoms with Crippen molar-refractivity contribution >= 4 is 17.8 Å². The van der Waals surface area contributed by atoms with Crippen molar-refractivity contribution in [1.29, 1.82) is 0 Å². The summed E-state index contributed by atoms with van der Waals surface area (Å²) in [6.07, 6.45) is 2.59. The number of ether oxygens (including phenoxy) is 1. The third kappa shape index (κ3) is 3.94. The lowest BCUT2D eigenvalue weighted by Gasteiger charge is -2.31. The van der Waals surface area contributed by atoms with Gasteiger partial charge in [0.15, 0.2) is 0 Å². The molecule has 0 N–H and O–H groups in total. The molecule has 6 heteroatoms. The summed E-state index contributed by atoms with van der Waals surface area (Å²) in [5.74, 6) is 1.68. The molecule has 2 amide bonds. The van der Waals surface area contributed by atoms with E-state index >= 15 is 0 Å². The minimum Gasteiger partial charge on any atom is -0.447 e. The highest BCUT2D eigenvalue weighted by Gasteiger charge is 2.37. The lowest BCUT2D eigenvalue weighted by atomic mass is 9.92. The molecule has 136 valence electrons. The number of pyridine rings is 1. The lowest BCUT2D eigenvalue weighted by Crippen LogP contribution is -2.38. The quantitative estimate of drug-likeness (QED) is 0.842. The number of anilines is 1. The highest BCUT2D eigenvalue weighted by atomic mass is 16.6. The van der Waals surface area contributed by atoms with Crippen molar-refractivity contribution in [3.8, 4) is 0 Å². The van der Waals surface area contributed by atoms with Gasteiger partial charge >= 0.3 is 6.09 Å². The second-order valence-electron chi connectivity index (χ2n) is 7.40. The number of hydrogen-bond donors (Lipinski definition) is 0. The van der Waals surface area contributed by atoms with Crippen LogP contribution in [-0.2, 0) is 16.0 Å². The molecule has 2 fully saturated rings. The van der Waals surface area contributed by atoms with Crippen LogP contribution in [0, 0.1) is 11.8 Å². The number of carbonyl (C=O) groups excluding carboxylic acids is 2. The van der Waals surface area contributed by atoms with E-state index in [0.29, 0.717) is 24.3 Å². The Labute approximate surface area is 149 Å². The summed E-state index contributed by atoms with van der Waals surface area (Å²) in [4.78, 5) is 31.9. The molecule has 1 unspecified atom stereocenters. The average molecular weight is 345 g/mol. The topological polar surface area (TPSA) is 62.7 Å². The fourth-order valence-corrected chi connectivity index (χ4v) is 3.65. The van der Waals surface area contributed by atoms with E-state index in [4.69, 9.17) is 9.72 Å². The number of cyclic esters (lactones) is 1. The van der Waals surface area contributed by atoms with Crippen molar-refractivity contribution in [1.82, 2.24) is 9.88 Å². The summed E-state index contributed by atoms with van der Waals surface area (Å²) >= 11 is 0. The lowest BCUT2D eigenvalue weighted by molar-refractivity contribution is -0.130. The van der Waals surface area contributed by atoms with Crippen LogP contribution in [0.5, 0.6) is 0 Å². The van der Waals surface area contributed by atoms with E-state index in [2.05, 4.69) is 13.8 Å². The molecule has 1 atom stereocenters. The molecule has 3 rings (SSSR count). The van der Waals surface area contributed by atoms with Gasteiger partial charge in [0.25, 0.3) is 0 Å². The number of hydrogen-bond acceptors (Lipinski definition) is 4. The van der Waals surface area contributed by atoms with Crippen molar-refractivity contribution in [2.24, 2.45) is 11.8 Å². The SMILES string of the molecule is CC(=O)N1CCC(Cc2cccc(N3C(=O)OCC3C(C)C)n2)CC1. The molecule has 0 aliphatic carbocycles. The van der Waals surface area contributed by atoms with Crippen LogP contribution >= 0.6 is 0 Å². The van der Waals surface area contributed by atoms with Crippen LogP contribution < -0.4 is 4.90 Å². The maximum absolute atomic E-state index is 12.1. The standard InChI is InChI=1S/C19H27N3O3/c1-13(2)17-12-25-19(24)22(17)18-6-4-5-16(20-18)11-15-7-9-21(10-8-15)14(3)23/h4-6,13,15,17H,7-12H2,1-3H3. The van der Waals surface area contributed by atoms with Crippen LogP contribution in [0.3, 0.4) is 0 Å². The number of carbonyl (C=O) groups is 2. The van der Waals surface area contributed by atoms with Crippen LogP contribution in [-0.4, -0.2) is 47.6 Å². The molecule has 0 saturated carbocycles. The molecule has 0 bridgehead atoms. The number of likely N-dealkylation sites (tertiary alicyclic amines) is 1. The number of rotatable bonds is 4. The molecule has 2 saturated heterocycles. The van der Waals surface area contributed by atoms with Gasteiger partial charge in [0.05, 0.1) is 6.04 Å². The minimum atomic E-state index is -0.307. The highest BCUT2D eigenvalue weighted by Crippen LogP contribution is 2.27. The number of aromatic nitrogens is 1. The van der Waals surface area contributed by atoms with Gasteiger partial charge in [-0.05, 0) is 43.2 Å². The molecule has 2 aliphatic heterocycles. The van der Waals surface area contributed by atoms with Crippen LogP contribution in [0.2, 0.25) is 0 Å². The summed E-state index contributed by atoms with van der Waals surface area (Å²) in [5, 5.41) is 0. The van der Waals surface area contributed by atoms with Crippen molar-refractivity contribution in [2.45, 2.75) is 46.1 Å². The average Bonchev–Trinajstić information content (AvgIpc) is 2.97. The van der Waals surface area contributed by atoms with E-state index in [1.54, 1.807) is 11.8 Å². The van der Waals surface area contributed by atoms with Crippen LogP contribution in [0.15, 0.2) is 18.2 Å². The maximum Gasteiger partial charge on any atom is 0.415 e. The largest absolute Gasteiger partial charge is 0.447 e. The van der Waals surface area contributed by atoms with Gasteiger partial charge in [0, 0.05) is 25.7 Å². The summed E-state index contributed by atoms with van der Waals surface area (Å²) in [5.41, 5.74) is 1.00. The van der Waals surface area contributed by atoms with Gasteiger partial charge in [-0.3, -0.25) is 9.69 Å². The molecule has 1 aromatic heterocycles. The Kier molecular flexibility index (Phi) is 5.25. The first kappa shape index (κ1) is 17.7. The molecular formula is C19H27N3O3. The first-order valence-electron chi connectivity index (χ1n) is 9.13. The number of nitrogens with zero attached hydrogens (tertiary/aromatic N) is 3. The second-order valence-corrected chi connectivity index (χ2v) is 7.40. The zero-order valence-corrected chi connectivity index (χ0v) is 15.3. The van der Waals surface area contributed by atoms with Gasteiger partial charge in [-0.1, -0.05) is 19.9 Å². The zero-order chi connectivity index (χ0) is 18.0. The van der Waals surface area contributed by atoms with Gasteiger partial charge in [-0.2, -0.15) is 0 Å². The Bertz CT molecular complexity index is 639. The van der Waals surface area contributed by atoms with E-state index in [-0.39, 0.29) is 18.0 Å². The van der Waals surface area contributed by atoms with Crippen LogP contribution in [0.1, 0.15) is 39.3 Å². The second kappa shape index (κ2) is 7.42. The van der Waals surface area contributed by atoms with Gasteiger partial charge < -0.3 is 9.64 Å². The van der Waals surface area contributed by atoms with E-state index < -0.39 is 0 Å².